The first-order valence-corrected chi connectivity index (χ1v) is 9.85. The third-order valence-corrected chi connectivity index (χ3v) is 4.87. The molecule has 160 valence electrons. The van der Waals surface area contributed by atoms with Crippen LogP contribution in [0.1, 0.15) is 44.6 Å². The number of carbonyl (C=O) groups is 4. The number of amides is 1. The third kappa shape index (κ3) is 5.40. The Hall–Kier alpha value is -2.76. The Morgan fingerprint density at radius 1 is 1.31 bits per heavy atom. The summed E-state index contributed by atoms with van der Waals surface area (Å²) in [5.74, 6) is -4.33. The summed E-state index contributed by atoms with van der Waals surface area (Å²) in [7, 11) is 0. The first kappa shape index (κ1) is 22.5. The van der Waals surface area contributed by atoms with Crippen LogP contribution < -0.4 is 10.9 Å². The summed E-state index contributed by atoms with van der Waals surface area (Å²) < 4.78 is 21.8. The maximum absolute atomic E-state index is 12.5. The standard InChI is InChI=1S/C17H23N3O8S/c1-5-9-12(28-15(23)7(2)3)8(4)27-17(25)10(6-26-16(9)24)18-13(21)11-14(22)20-29-19-11/h7-10,12H,5-6H2,1-4H3,(H,18,21)(H,20,22)/t8-,9+,10-,12-/m0/s1. The summed E-state index contributed by atoms with van der Waals surface area (Å²) in [6, 6.07) is -1.35. The van der Waals surface area contributed by atoms with E-state index in [1.807, 2.05) is 0 Å². The fraction of sp³-hybridized carbons (Fsp3) is 0.647. The average molecular weight is 429 g/mol. The predicted molar refractivity (Wildman–Crippen MR) is 99.0 cm³/mol. The minimum atomic E-state index is -1.35. The molecule has 4 atom stereocenters. The Morgan fingerprint density at radius 2 is 2.00 bits per heavy atom. The monoisotopic (exact) mass is 429 g/mol. The molecule has 0 unspecified atom stereocenters. The summed E-state index contributed by atoms with van der Waals surface area (Å²) in [6.07, 6.45) is -1.73. The highest BCUT2D eigenvalue weighted by atomic mass is 32.1. The molecule has 0 radical (unpaired) electrons. The molecule has 0 spiro atoms. The van der Waals surface area contributed by atoms with Gasteiger partial charge >= 0.3 is 17.9 Å². The van der Waals surface area contributed by atoms with Crippen LogP contribution in [0, 0.1) is 11.8 Å². The van der Waals surface area contributed by atoms with Crippen LogP contribution in [0.3, 0.4) is 0 Å². The van der Waals surface area contributed by atoms with Crippen LogP contribution in [0.15, 0.2) is 4.79 Å². The molecule has 0 saturated carbocycles. The number of carbonyl (C=O) groups excluding carboxylic acids is 4. The molecule has 12 heteroatoms. The fourth-order valence-electron chi connectivity index (χ4n) is 2.65. The number of aromatic amines is 1. The highest BCUT2D eigenvalue weighted by Gasteiger charge is 2.41. The van der Waals surface area contributed by atoms with Gasteiger partial charge in [0, 0.05) is 11.7 Å². The quantitative estimate of drug-likeness (QED) is 0.487. The molecule has 1 aromatic rings. The van der Waals surface area contributed by atoms with E-state index in [1.165, 1.54) is 6.92 Å². The lowest BCUT2D eigenvalue weighted by molar-refractivity contribution is -0.176. The van der Waals surface area contributed by atoms with Crippen LogP contribution in [0.25, 0.3) is 0 Å². The topological polar surface area (TPSA) is 154 Å². The number of hydrogen-bond acceptors (Lipinski definition) is 10. The number of H-pyrrole nitrogens is 1. The van der Waals surface area contributed by atoms with Crippen LogP contribution in [-0.4, -0.2) is 57.4 Å². The van der Waals surface area contributed by atoms with Crippen molar-refractivity contribution < 1.29 is 33.4 Å². The molecule has 2 rings (SSSR count). The average Bonchev–Trinajstić information content (AvgIpc) is 3.10. The van der Waals surface area contributed by atoms with Gasteiger partial charge in [-0.2, -0.15) is 4.37 Å². The van der Waals surface area contributed by atoms with E-state index in [-0.39, 0.29) is 6.42 Å². The van der Waals surface area contributed by atoms with Crippen molar-refractivity contribution in [1.82, 2.24) is 14.1 Å². The van der Waals surface area contributed by atoms with Gasteiger partial charge < -0.3 is 19.5 Å². The van der Waals surface area contributed by atoms with Crippen molar-refractivity contribution in [1.29, 1.82) is 0 Å². The molecule has 1 aromatic heterocycles. The highest BCUT2D eigenvalue weighted by Crippen LogP contribution is 2.23. The zero-order valence-electron chi connectivity index (χ0n) is 16.4. The highest BCUT2D eigenvalue weighted by molar-refractivity contribution is 6.99. The maximum Gasteiger partial charge on any atom is 0.332 e. The lowest BCUT2D eigenvalue weighted by Gasteiger charge is -2.29. The summed E-state index contributed by atoms with van der Waals surface area (Å²) in [6.45, 7) is 5.97. The van der Waals surface area contributed by atoms with Crippen LogP contribution in [-0.2, 0) is 28.6 Å². The van der Waals surface area contributed by atoms with Crippen molar-refractivity contribution in [2.45, 2.75) is 52.4 Å². The Kier molecular flexibility index (Phi) is 7.48. The van der Waals surface area contributed by atoms with Crippen molar-refractivity contribution in [2.24, 2.45) is 11.8 Å². The second-order valence-corrected chi connectivity index (χ2v) is 7.40. The zero-order valence-corrected chi connectivity index (χ0v) is 17.2. The van der Waals surface area contributed by atoms with Gasteiger partial charge in [-0.3, -0.25) is 23.6 Å². The zero-order chi connectivity index (χ0) is 21.7. The van der Waals surface area contributed by atoms with Crippen molar-refractivity contribution in [3.8, 4) is 0 Å². The fourth-order valence-corrected chi connectivity index (χ4v) is 3.14. The smallest absolute Gasteiger partial charge is 0.332 e. The van der Waals surface area contributed by atoms with E-state index in [1.54, 1.807) is 20.8 Å². The third-order valence-electron chi connectivity index (χ3n) is 4.32. The Labute approximate surface area is 170 Å². The lowest BCUT2D eigenvalue weighted by atomic mass is 9.95. The van der Waals surface area contributed by atoms with Gasteiger partial charge in [-0.1, -0.05) is 20.8 Å². The number of nitrogens with zero attached hydrogens (tertiary/aromatic N) is 1. The van der Waals surface area contributed by atoms with Gasteiger partial charge in [-0.05, 0) is 13.3 Å². The molecule has 1 saturated heterocycles. The van der Waals surface area contributed by atoms with E-state index in [4.69, 9.17) is 14.2 Å². The van der Waals surface area contributed by atoms with Gasteiger partial charge in [0.2, 0.25) is 5.69 Å². The summed E-state index contributed by atoms with van der Waals surface area (Å²) in [5.41, 5.74) is -1.13. The van der Waals surface area contributed by atoms with Crippen molar-refractivity contribution in [2.75, 3.05) is 6.61 Å². The summed E-state index contributed by atoms with van der Waals surface area (Å²) in [5, 5.41) is 2.28. The molecule has 1 fully saturated rings. The number of hydrogen-bond donors (Lipinski definition) is 2. The van der Waals surface area contributed by atoms with Gasteiger partial charge in [0.15, 0.2) is 12.1 Å². The van der Waals surface area contributed by atoms with Crippen LogP contribution >= 0.6 is 11.7 Å². The first-order valence-electron chi connectivity index (χ1n) is 9.08. The molecule has 0 aromatic carbocycles. The van der Waals surface area contributed by atoms with Crippen LogP contribution in [0.2, 0.25) is 0 Å². The second kappa shape index (κ2) is 9.63. The van der Waals surface area contributed by atoms with Crippen molar-refractivity contribution >= 4 is 35.5 Å². The molecule has 0 bridgehead atoms. The van der Waals surface area contributed by atoms with Crippen LogP contribution in [0.5, 0.6) is 0 Å². The number of aromatic nitrogens is 2. The molecular formula is C17H23N3O8S. The first-order chi connectivity index (χ1) is 13.6. The summed E-state index contributed by atoms with van der Waals surface area (Å²) >= 11 is 0.682. The van der Waals surface area contributed by atoms with Gasteiger partial charge in [-0.15, -0.1) is 0 Å². The second-order valence-electron chi connectivity index (χ2n) is 6.83. The van der Waals surface area contributed by atoms with Gasteiger partial charge in [-0.25, -0.2) is 4.79 Å². The minimum absolute atomic E-state index is 0.280. The molecule has 2 heterocycles. The number of rotatable bonds is 5. The number of ether oxygens (including phenoxy) is 3. The van der Waals surface area contributed by atoms with Gasteiger partial charge in [0.05, 0.1) is 11.8 Å². The Balaban J connectivity index is 2.22. The van der Waals surface area contributed by atoms with Crippen molar-refractivity contribution in [3.63, 3.8) is 0 Å². The van der Waals surface area contributed by atoms with E-state index in [9.17, 15) is 24.0 Å². The number of esters is 3. The minimum Gasteiger partial charge on any atom is -0.463 e. The molecule has 2 N–H and O–H groups in total. The van der Waals surface area contributed by atoms with E-state index in [2.05, 4.69) is 14.1 Å². The summed E-state index contributed by atoms with van der Waals surface area (Å²) in [4.78, 5) is 60.8. The van der Waals surface area contributed by atoms with Crippen LogP contribution in [0.4, 0.5) is 0 Å². The maximum atomic E-state index is 12.5. The molecule has 1 aliphatic heterocycles. The normalized spacial score (nSPS) is 25.3. The number of cyclic esters (lactones) is 2. The SMILES string of the molecule is CC[C@H]1C(=O)OC[C@H](NC(=O)c2ns[nH]c2=O)C(=O)O[C@@H](C)[C@@H]1OC(=O)C(C)C. The largest absolute Gasteiger partial charge is 0.463 e. The van der Waals surface area contributed by atoms with E-state index < -0.39 is 71.8 Å². The Morgan fingerprint density at radius 3 is 2.55 bits per heavy atom. The van der Waals surface area contributed by atoms with E-state index >= 15 is 0 Å². The Bertz CT molecular complexity index is 833. The van der Waals surface area contributed by atoms with Crippen molar-refractivity contribution in [3.05, 3.63) is 16.0 Å². The number of nitrogens with one attached hydrogen (secondary N) is 2. The van der Waals surface area contributed by atoms with Gasteiger partial charge in [0.1, 0.15) is 12.7 Å². The van der Waals surface area contributed by atoms with E-state index in [0.717, 1.165) is 0 Å². The predicted octanol–water partition coefficient (Wildman–Crippen LogP) is 0.0123. The van der Waals surface area contributed by atoms with E-state index in [0.29, 0.717) is 11.7 Å². The molecular weight excluding hydrogens is 406 g/mol. The molecule has 0 aliphatic carbocycles. The molecule has 11 nitrogen and oxygen atoms in total. The molecule has 1 amide bonds. The van der Waals surface area contributed by atoms with Gasteiger partial charge in [0.25, 0.3) is 11.5 Å². The molecule has 1 aliphatic rings. The lowest BCUT2D eigenvalue weighted by Crippen LogP contribution is -2.47. The molecule has 29 heavy (non-hydrogen) atoms.